The van der Waals surface area contributed by atoms with Crippen molar-refractivity contribution in [1.82, 2.24) is 4.90 Å². The predicted molar refractivity (Wildman–Crippen MR) is 55.5 cm³/mol. The zero-order chi connectivity index (χ0) is 10.5. The third-order valence-electron chi connectivity index (χ3n) is 1.99. The third kappa shape index (κ3) is 5.23. The van der Waals surface area contributed by atoms with Gasteiger partial charge in [0.05, 0.1) is 11.0 Å². The lowest BCUT2D eigenvalue weighted by atomic mass is 10.5. The van der Waals surface area contributed by atoms with Gasteiger partial charge in [0.15, 0.2) is 9.84 Å². The van der Waals surface area contributed by atoms with Gasteiger partial charge in [-0.2, -0.15) is 0 Å². The minimum Gasteiger partial charge on any atom is -0.329 e. The van der Waals surface area contributed by atoms with E-state index in [4.69, 9.17) is 5.73 Å². The summed E-state index contributed by atoms with van der Waals surface area (Å²) >= 11 is 0. The van der Waals surface area contributed by atoms with Gasteiger partial charge in [-0.15, -0.1) is 0 Å². The number of likely N-dealkylation sites (N-methyl/N-ethyl adjacent to an activating group) is 1. The molecule has 0 spiro atoms. The van der Waals surface area contributed by atoms with Crippen LogP contribution < -0.4 is 5.73 Å². The van der Waals surface area contributed by atoms with Gasteiger partial charge >= 0.3 is 0 Å². The first-order valence-electron chi connectivity index (χ1n) is 4.50. The second kappa shape index (κ2) is 5.57. The molecule has 0 amide bonds. The SMILES string of the molecule is CC(C)S(=O)(=O)CCN(C)CCN. The zero-order valence-electron chi connectivity index (χ0n) is 8.66. The average Bonchev–Trinajstić information content (AvgIpc) is 2.01. The average molecular weight is 208 g/mol. The Kier molecular flexibility index (Phi) is 5.51. The summed E-state index contributed by atoms with van der Waals surface area (Å²) in [7, 11) is -1.02. The maximum Gasteiger partial charge on any atom is 0.153 e. The van der Waals surface area contributed by atoms with Gasteiger partial charge in [-0.3, -0.25) is 0 Å². The molecule has 0 radical (unpaired) electrons. The summed E-state index contributed by atoms with van der Waals surface area (Å²) in [6.45, 7) is 5.29. The van der Waals surface area contributed by atoms with E-state index in [0.29, 0.717) is 13.1 Å². The van der Waals surface area contributed by atoms with E-state index in [9.17, 15) is 8.42 Å². The van der Waals surface area contributed by atoms with E-state index in [2.05, 4.69) is 0 Å². The Morgan fingerprint density at radius 1 is 1.31 bits per heavy atom. The molecule has 0 aliphatic heterocycles. The van der Waals surface area contributed by atoms with Crippen molar-refractivity contribution in [2.24, 2.45) is 5.73 Å². The molecule has 0 atom stereocenters. The molecule has 0 aromatic rings. The lowest BCUT2D eigenvalue weighted by Gasteiger charge is -2.16. The van der Waals surface area contributed by atoms with Gasteiger partial charge < -0.3 is 10.6 Å². The van der Waals surface area contributed by atoms with E-state index >= 15 is 0 Å². The number of hydrogen-bond donors (Lipinski definition) is 1. The summed E-state index contributed by atoms with van der Waals surface area (Å²) in [6.07, 6.45) is 0. The van der Waals surface area contributed by atoms with Gasteiger partial charge in [-0.05, 0) is 20.9 Å². The summed E-state index contributed by atoms with van der Waals surface area (Å²) in [4.78, 5) is 1.93. The van der Waals surface area contributed by atoms with E-state index in [-0.39, 0.29) is 11.0 Å². The monoisotopic (exact) mass is 208 g/mol. The van der Waals surface area contributed by atoms with Gasteiger partial charge in [0.2, 0.25) is 0 Å². The summed E-state index contributed by atoms with van der Waals surface area (Å²) < 4.78 is 22.8. The van der Waals surface area contributed by atoms with Crippen molar-refractivity contribution in [3.8, 4) is 0 Å². The molecule has 2 N–H and O–H groups in total. The summed E-state index contributed by atoms with van der Waals surface area (Å²) in [6, 6.07) is 0. The molecule has 0 aromatic heterocycles. The van der Waals surface area contributed by atoms with Crippen LogP contribution in [0.1, 0.15) is 13.8 Å². The van der Waals surface area contributed by atoms with E-state index in [1.165, 1.54) is 0 Å². The van der Waals surface area contributed by atoms with Crippen LogP contribution in [0.2, 0.25) is 0 Å². The minimum absolute atomic E-state index is 0.223. The van der Waals surface area contributed by atoms with Gasteiger partial charge in [0, 0.05) is 19.6 Å². The Labute approximate surface area is 81.0 Å². The summed E-state index contributed by atoms with van der Waals surface area (Å²) in [5.41, 5.74) is 5.34. The highest BCUT2D eigenvalue weighted by Crippen LogP contribution is 2.00. The van der Waals surface area contributed by atoms with E-state index in [1.54, 1.807) is 13.8 Å². The molecular formula is C8H20N2O2S. The molecule has 13 heavy (non-hydrogen) atoms. The molecule has 0 saturated heterocycles. The first-order valence-corrected chi connectivity index (χ1v) is 6.22. The smallest absolute Gasteiger partial charge is 0.153 e. The van der Waals surface area contributed by atoms with Crippen molar-refractivity contribution in [3.63, 3.8) is 0 Å². The van der Waals surface area contributed by atoms with Crippen LogP contribution in [0.25, 0.3) is 0 Å². The lowest BCUT2D eigenvalue weighted by Crippen LogP contribution is -2.32. The minimum atomic E-state index is -2.89. The Hall–Kier alpha value is -0.130. The summed E-state index contributed by atoms with van der Waals surface area (Å²) in [5, 5.41) is -0.279. The highest BCUT2D eigenvalue weighted by molar-refractivity contribution is 7.92. The van der Waals surface area contributed by atoms with Gasteiger partial charge in [-0.25, -0.2) is 8.42 Å². The van der Waals surface area contributed by atoms with Crippen molar-refractivity contribution >= 4 is 9.84 Å². The fraction of sp³-hybridized carbons (Fsp3) is 1.00. The molecule has 0 bridgehead atoms. The number of hydrogen-bond acceptors (Lipinski definition) is 4. The molecule has 4 nitrogen and oxygen atoms in total. The van der Waals surface area contributed by atoms with E-state index in [1.807, 2.05) is 11.9 Å². The first-order chi connectivity index (χ1) is 5.90. The largest absolute Gasteiger partial charge is 0.329 e. The van der Waals surface area contributed by atoms with Crippen molar-refractivity contribution in [2.45, 2.75) is 19.1 Å². The maximum absolute atomic E-state index is 11.4. The van der Waals surface area contributed by atoms with E-state index in [0.717, 1.165) is 6.54 Å². The second-order valence-electron chi connectivity index (χ2n) is 3.51. The highest BCUT2D eigenvalue weighted by Gasteiger charge is 2.16. The molecule has 0 aliphatic carbocycles. The fourth-order valence-electron chi connectivity index (χ4n) is 0.851. The van der Waals surface area contributed by atoms with Crippen LogP contribution in [0.4, 0.5) is 0 Å². The standard InChI is InChI=1S/C8H20N2O2S/c1-8(2)13(11,12)7-6-10(3)5-4-9/h8H,4-7,9H2,1-3H3. The Bertz CT molecular complexity index is 224. The Morgan fingerprint density at radius 3 is 2.23 bits per heavy atom. The first kappa shape index (κ1) is 12.9. The quantitative estimate of drug-likeness (QED) is 0.651. The molecule has 5 heteroatoms. The van der Waals surface area contributed by atoms with Crippen molar-refractivity contribution in [3.05, 3.63) is 0 Å². The van der Waals surface area contributed by atoms with Crippen LogP contribution in [0, 0.1) is 0 Å². The van der Waals surface area contributed by atoms with Crippen molar-refractivity contribution in [2.75, 3.05) is 32.4 Å². The van der Waals surface area contributed by atoms with Gasteiger partial charge in [0.1, 0.15) is 0 Å². The molecule has 0 aromatic carbocycles. The molecular weight excluding hydrogens is 188 g/mol. The zero-order valence-corrected chi connectivity index (χ0v) is 9.47. The van der Waals surface area contributed by atoms with Gasteiger partial charge in [0.25, 0.3) is 0 Å². The van der Waals surface area contributed by atoms with Crippen LogP contribution in [0.5, 0.6) is 0 Å². The van der Waals surface area contributed by atoms with Crippen LogP contribution in [-0.2, 0) is 9.84 Å². The van der Waals surface area contributed by atoms with Crippen LogP contribution >= 0.6 is 0 Å². The number of nitrogens with two attached hydrogens (primary N) is 1. The highest BCUT2D eigenvalue weighted by atomic mass is 32.2. The molecule has 0 unspecified atom stereocenters. The fourth-order valence-corrected chi connectivity index (χ4v) is 1.89. The van der Waals surface area contributed by atoms with Crippen LogP contribution in [-0.4, -0.2) is 51.0 Å². The van der Waals surface area contributed by atoms with Crippen LogP contribution in [0.3, 0.4) is 0 Å². The van der Waals surface area contributed by atoms with E-state index < -0.39 is 9.84 Å². The molecule has 80 valence electrons. The van der Waals surface area contributed by atoms with Crippen LogP contribution in [0.15, 0.2) is 0 Å². The maximum atomic E-state index is 11.4. The van der Waals surface area contributed by atoms with Gasteiger partial charge in [-0.1, -0.05) is 0 Å². The lowest BCUT2D eigenvalue weighted by molar-refractivity contribution is 0.363. The third-order valence-corrected chi connectivity index (χ3v) is 4.17. The molecule has 0 aliphatic rings. The number of sulfone groups is 1. The van der Waals surface area contributed by atoms with Crippen molar-refractivity contribution < 1.29 is 8.42 Å². The number of nitrogens with zero attached hydrogens (tertiary/aromatic N) is 1. The summed E-state index contributed by atoms with van der Waals surface area (Å²) in [5.74, 6) is 0.223. The molecule has 0 heterocycles. The topological polar surface area (TPSA) is 63.4 Å². The Morgan fingerprint density at radius 2 is 1.85 bits per heavy atom. The second-order valence-corrected chi connectivity index (χ2v) is 6.18. The normalized spacial score (nSPS) is 12.8. The molecule has 0 fully saturated rings. The molecule has 0 rings (SSSR count). The molecule has 0 saturated carbocycles. The van der Waals surface area contributed by atoms with Crippen molar-refractivity contribution in [1.29, 1.82) is 0 Å². The predicted octanol–water partition coefficient (Wildman–Crippen LogP) is -0.300. The Balaban J connectivity index is 3.89. The number of rotatable bonds is 6.